The average molecular weight is 193 g/mol. The summed E-state index contributed by atoms with van der Waals surface area (Å²) in [5, 5.41) is 12.1. The number of oxime groups is 1. The van der Waals surface area contributed by atoms with Crippen LogP contribution in [0.1, 0.15) is 5.56 Å². The predicted octanol–water partition coefficient (Wildman–Crippen LogP) is 0.806. The van der Waals surface area contributed by atoms with Gasteiger partial charge in [0, 0.05) is 5.56 Å². The molecule has 1 atom stereocenters. The van der Waals surface area contributed by atoms with Crippen LogP contribution in [0.2, 0.25) is 0 Å². The maximum absolute atomic E-state index is 10.5. The van der Waals surface area contributed by atoms with E-state index in [9.17, 15) is 4.79 Å². The van der Waals surface area contributed by atoms with Crippen LogP contribution in [-0.4, -0.2) is 23.3 Å². The standard InChI is InChI=1S/C9H7NO4/c11-8(12)9-13-7(10-14-9)6-4-2-1-3-5-6/h1-5,9H,(H,11,12)/t9-/m0/s1. The minimum atomic E-state index is -1.33. The van der Waals surface area contributed by atoms with Crippen LogP contribution in [0.3, 0.4) is 0 Å². The number of hydrogen-bond donors (Lipinski definition) is 1. The highest BCUT2D eigenvalue weighted by Crippen LogP contribution is 2.13. The van der Waals surface area contributed by atoms with Gasteiger partial charge in [-0.1, -0.05) is 18.2 Å². The smallest absolute Gasteiger partial charge is 0.389 e. The minimum Gasteiger partial charge on any atom is -0.476 e. The fourth-order valence-electron chi connectivity index (χ4n) is 1.04. The summed E-state index contributed by atoms with van der Waals surface area (Å²) in [6, 6.07) is 8.96. The van der Waals surface area contributed by atoms with Gasteiger partial charge in [0.2, 0.25) is 0 Å². The summed E-state index contributed by atoms with van der Waals surface area (Å²) in [5.41, 5.74) is 0.691. The molecule has 0 bridgehead atoms. The molecule has 1 N–H and O–H groups in total. The van der Waals surface area contributed by atoms with Gasteiger partial charge in [0.1, 0.15) is 0 Å². The van der Waals surface area contributed by atoms with Crippen LogP contribution in [0.4, 0.5) is 0 Å². The molecule has 0 unspecified atom stereocenters. The highest BCUT2D eigenvalue weighted by Gasteiger charge is 2.29. The lowest BCUT2D eigenvalue weighted by Crippen LogP contribution is -2.22. The fraction of sp³-hybridized carbons (Fsp3) is 0.111. The molecule has 1 aliphatic heterocycles. The second-order valence-electron chi connectivity index (χ2n) is 2.66. The molecule has 0 radical (unpaired) electrons. The van der Waals surface area contributed by atoms with E-state index in [1.54, 1.807) is 24.3 Å². The van der Waals surface area contributed by atoms with Crippen molar-refractivity contribution in [3.63, 3.8) is 0 Å². The van der Waals surface area contributed by atoms with Crippen LogP contribution >= 0.6 is 0 Å². The number of aliphatic carboxylic acids is 1. The maximum Gasteiger partial charge on any atom is 0.389 e. The Morgan fingerprint density at radius 2 is 2.07 bits per heavy atom. The molecule has 1 aromatic carbocycles. The molecule has 0 spiro atoms. The van der Waals surface area contributed by atoms with Crippen LogP contribution in [0, 0.1) is 0 Å². The summed E-state index contributed by atoms with van der Waals surface area (Å²) in [6.45, 7) is 0. The third-order valence-corrected chi connectivity index (χ3v) is 1.67. The molecule has 0 aromatic heterocycles. The van der Waals surface area contributed by atoms with Gasteiger partial charge < -0.3 is 14.7 Å². The number of carbonyl (C=O) groups is 1. The van der Waals surface area contributed by atoms with E-state index in [1.165, 1.54) is 0 Å². The summed E-state index contributed by atoms with van der Waals surface area (Å²) in [5.74, 6) is -1.00. The Labute approximate surface area is 79.6 Å². The normalized spacial score (nSPS) is 19.4. The molecule has 72 valence electrons. The molecule has 1 aliphatic rings. The Bertz CT molecular complexity index is 374. The Kier molecular flexibility index (Phi) is 2.06. The fourth-order valence-corrected chi connectivity index (χ4v) is 1.04. The lowest BCUT2D eigenvalue weighted by Gasteiger charge is -2.02. The SMILES string of the molecule is O=C(O)[C@@H]1ON=C(c2ccccc2)O1. The largest absolute Gasteiger partial charge is 0.476 e. The zero-order valence-corrected chi connectivity index (χ0v) is 7.08. The van der Waals surface area contributed by atoms with Crippen molar-refractivity contribution < 1.29 is 19.5 Å². The van der Waals surface area contributed by atoms with Gasteiger partial charge >= 0.3 is 12.3 Å². The van der Waals surface area contributed by atoms with E-state index >= 15 is 0 Å². The van der Waals surface area contributed by atoms with E-state index in [0.717, 1.165) is 0 Å². The summed E-state index contributed by atoms with van der Waals surface area (Å²) in [6.07, 6.45) is -1.33. The number of carboxylic acids is 1. The van der Waals surface area contributed by atoms with Crippen molar-refractivity contribution in [3.8, 4) is 0 Å². The van der Waals surface area contributed by atoms with Crippen molar-refractivity contribution in [2.45, 2.75) is 6.29 Å². The zero-order valence-electron chi connectivity index (χ0n) is 7.08. The number of benzene rings is 1. The second-order valence-corrected chi connectivity index (χ2v) is 2.66. The van der Waals surface area contributed by atoms with E-state index in [1.807, 2.05) is 6.07 Å². The lowest BCUT2D eigenvalue weighted by molar-refractivity contribution is -0.165. The number of hydrogen-bond acceptors (Lipinski definition) is 4. The summed E-state index contributed by atoms with van der Waals surface area (Å²) >= 11 is 0. The first-order chi connectivity index (χ1) is 6.77. The Morgan fingerprint density at radius 3 is 2.64 bits per heavy atom. The van der Waals surface area contributed by atoms with Crippen LogP contribution in [-0.2, 0) is 14.4 Å². The Hall–Kier alpha value is -2.04. The first kappa shape index (κ1) is 8.55. The Balaban J connectivity index is 2.13. The lowest BCUT2D eigenvalue weighted by atomic mass is 10.2. The highest BCUT2D eigenvalue weighted by atomic mass is 16.8. The van der Waals surface area contributed by atoms with Crippen LogP contribution < -0.4 is 0 Å². The van der Waals surface area contributed by atoms with E-state index in [4.69, 9.17) is 9.84 Å². The van der Waals surface area contributed by atoms with E-state index in [2.05, 4.69) is 9.99 Å². The monoisotopic (exact) mass is 193 g/mol. The maximum atomic E-state index is 10.5. The Morgan fingerprint density at radius 1 is 1.36 bits per heavy atom. The van der Waals surface area contributed by atoms with E-state index < -0.39 is 12.3 Å². The van der Waals surface area contributed by atoms with Crippen molar-refractivity contribution in [2.24, 2.45) is 5.16 Å². The van der Waals surface area contributed by atoms with Gasteiger partial charge in [-0.15, -0.1) is 0 Å². The average Bonchev–Trinajstić information content (AvgIpc) is 2.68. The summed E-state index contributed by atoms with van der Waals surface area (Å²) in [4.78, 5) is 15.0. The summed E-state index contributed by atoms with van der Waals surface area (Å²) < 4.78 is 4.94. The van der Waals surface area contributed by atoms with Gasteiger partial charge in [-0.3, -0.25) is 0 Å². The van der Waals surface area contributed by atoms with Gasteiger partial charge in [0.15, 0.2) is 0 Å². The van der Waals surface area contributed by atoms with Crippen molar-refractivity contribution in [3.05, 3.63) is 35.9 Å². The van der Waals surface area contributed by atoms with Crippen LogP contribution in [0.15, 0.2) is 35.5 Å². The topological polar surface area (TPSA) is 68.1 Å². The van der Waals surface area contributed by atoms with Gasteiger partial charge in [0.05, 0.1) is 0 Å². The highest BCUT2D eigenvalue weighted by molar-refractivity contribution is 5.95. The molecule has 5 heteroatoms. The third kappa shape index (κ3) is 1.52. The molecule has 0 aliphatic carbocycles. The molecule has 2 rings (SSSR count). The number of ether oxygens (including phenoxy) is 1. The number of rotatable bonds is 2. The second kappa shape index (κ2) is 3.37. The van der Waals surface area contributed by atoms with Gasteiger partial charge in [-0.05, 0) is 17.3 Å². The molecule has 5 nitrogen and oxygen atoms in total. The van der Waals surface area contributed by atoms with E-state index in [-0.39, 0.29) is 5.90 Å². The zero-order chi connectivity index (χ0) is 9.97. The minimum absolute atomic E-state index is 0.193. The number of nitrogens with zero attached hydrogens (tertiary/aromatic N) is 1. The quantitative estimate of drug-likeness (QED) is 0.754. The van der Waals surface area contributed by atoms with Gasteiger partial charge in [-0.2, -0.15) is 0 Å². The first-order valence-corrected chi connectivity index (χ1v) is 3.96. The first-order valence-electron chi connectivity index (χ1n) is 3.96. The molecular weight excluding hydrogens is 186 g/mol. The molecule has 0 saturated carbocycles. The molecule has 1 heterocycles. The third-order valence-electron chi connectivity index (χ3n) is 1.67. The molecule has 0 saturated heterocycles. The number of carboxylic acid groups (broad SMARTS) is 1. The van der Waals surface area contributed by atoms with E-state index in [0.29, 0.717) is 5.56 Å². The molecule has 0 amide bonds. The molecular formula is C9H7NO4. The molecule has 14 heavy (non-hydrogen) atoms. The van der Waals surface area contributed by atoms with Crippen molar-refractivity contribution in [1.29, 1.82) is 0 Å². The predicted molar refractivity (Wildman–Crippen MR) is 46.6 cm³/mol. The van der Waals surface area contributed by atoms with Gasteiger partial charge in [-0.25, -0.2) is 4.79 Å². The molecule has 0 fully saturated rings. The van der Waals surface area contributed by atoms with Crippen LogP contribution in [0.5, 0.6) is 0 Å². The van der Waals surface area contributed by atoms with Crippen molar-refractivity contribution in [2.75, 3.05) is 0 Å². The van der Waals surface area contributed by atoms with Crippen LogP contribution in [0.25, 0.3) is 0 Å². The van der Waals surface area contributed by atoms with Gasteiger partial charge in [0.25, 0.3) is 5.90 Å². The molecule has 1 aromatic rings. The van der Waals surface area contributed by atoms with Crippen molar-refractivity contribution >= 4 is 11.9 Å². The van der Waals surface area contributed by atoms with Crippen molar-refractivity contribution in [1.82, 2.24) is 0 Å². The summed E-state index contributed by atoms with van der Waals surface area (Å²) in [7, 11) is 0.